The van der Waals surface area contributed by atoms with E-state index in [0.717, 1.165) is 52.5 Å². The van der Waals surface area contributed by atoms with Crippen LogP contribution in [-0.4, -0.2) is 31.1 Å². The Balaban J connectivity index is 1.47. The molecule has 4 aromatic heterocycles. The van der Waals surface area contributed by atoms with Crippen molar-refractivity contribution in [2.24, 2.45) is 0 Å². The Labute approximate surface area is 173 Å². The van der Waals surface area contributed by atoms with E-state index in [-0.39, 0.29) is 5.56 Å². The lowest BCUT2D eigenvalue weighted by molar-refractivity contribution is 0.686. The van der Waals surface area contributed by atoms with Crippen molar-refractivity contribution in [2.45, 2.75) is 26.8 Å². The number of hydrogen-bond donors (Lipinski definition) is 1. The van der Waals surface area contributed by atoms with Gasteiger partial charge in [0, 0.05) is 55.5 Å². The van der Waals surface area contributed by atoms with Gasteiger partial charge in [0.2, 0.25) is 0 Å². The topological polar surface area (TPSA) is 88.3 Å². The molecule has 0 fully saturated rings. The van der Waals surface area contributed by atoms with Crippen LogP contribution in [0.15, 0.2) is 53.8 Å². The number of rotatable bonds is 3. The molecule has 8 nitrogen and oxygen atoms in total. The Hall–Kier alpha value is -3.81. The zero-order valence-corrected chi connectivity index (χ0v) is 16.8. The quantitative estimate of drug-likeness (QED) is 0.567. The molecule has 0 aromatic carbocycles. The Morgan fingerprint density at radius 1 is 1.03 bits per heavy atom. The van der Waals surface area contributed by atoms with Crippen LogP contribution < -0.4 is 15.8 Å². The number of aromatic nitrogens is 5. The number of pyridine rings is 2. The maximum Gasteiger partial charge on any atom is 0.274 e. The largest absolute Gasteiger partial charge is 0.354 e. The van der Waals surface area contributed by atoms with E-state index >= 15 is 0 Å². The third-order valence-electron chi connectivity index (χ3n) is 5.38. The summed E-state index contributed by atoms with van der Waals surface area (Å²) in [5, 5.41) is 8.03. The molecule has 0 saturated heterocycles. The van der Waals surface area contributed by atoms with Crippen molar-refractivity contribution in [3.05, 3.63) is 81.8 Å². The molecule has 0 amide bonds. The van der Waals surface area contributed by atoms with Gasteiger partial charge < -0.3 is 10.2 Å². The van der Waals surface area contributed by atoms with Gasteiger partial charge in [-0.25, -0.2) is 4.98 Å². The fourth-order valence-electron chi connectivity index (χ4n) is 3.80. The third-order valence-corrected chi connectivity index (χ3v) is 5.38. The molecular formula is C22H21N7O. The second-order valence-corrected chi connectivity index (χ2v) is 7.52. The first kappa shape index (κ1) is 18.2. The molecule has 1 aliphatic rings. The molecule has 0 spiro atoms. The molecule has 5 heterocycles. The number of fused-ring (bicyclic) bond motifs is 2. The minimum Gasteiger partial charge on any atom is -0.354 e. The maximum atomic E-state index is 12.2. The first-order valence-corrected chi connectivity index (χ1v) is 9.84. The van der Waals surface area contributed by atoms with Crippen molar-refractivity contribution in [3.8, 4) is 0 Å². The predicted octanol–water partition coefficient (Wildman–Crippen LogP) is 2.80. The lowest BCUT2D eigenvalue weighted by Crippen LogP contribution is -2.33. The standard InChI is InChI=1S/C22H21N7O/c1-14-9-20-24-7-4-21(30)29(20)27-22(14)28-8-5-19-16(13-28)10-17(12-25-19)26-18-3-6-23-11-15(18)2/h3-4,6-7,9-12H,5,8,13H2,1-2H3,(H,23,26). The van der Waals surface area contributed by atoms with Crippen molar-refractivity contribution >= 4 is 22.8 Å². The third kappa shape index (κ3) is 3.26. The van der Waals surface area contributed by atoms with E-state index in [4.69, 9.17) is 0 Å². The van der Waals surface area contributed by atoms with Crippen molar-refractivity contribution < 1.29 is 0 Å². The molecule has 150 valence electrons. The van der Waals surface area contributed by atoms with Gasteiger partial charge in [0.25, 0.3) is 5.56 Å². The Morgan fingerprint density at radius 2 is 1.93 bits per heavy atom. The molecule has 1 aliphatic heterocycles. The van der Waals surface area contributed by atoms with E-state index in [9.17, 15) is 4.79 Å². The van der Waals surface area contributed by atoms with Crippen LogP contribution in [0.5, 0.6) is 0 Å². The maximum absolute atomic E-state index is 12.2. The molecule has 30 heavy (non-hydrogen) atoms. The van der Waals surface area contributed by atoms with Crippen LogP contribution in [0.4, 0.5) is 17.2 Å². The summed E-state index contributed by atoms with van der Waals surface area (Å²) in [4.78, 5) is 27.4. The molecule has 0 atom stereocenters. The van der Waals surface area contributed by atoms with E-state index in [2.05, 4.69) is 36.3 Å². The Morgan fingerprint density at radius 3 is 2.80 bits per heavy atom. The van der Waals surface area contributed by atoms with Gasteiger partial charge in [0.05, 0.1) is 11.9 Å². The summed E-state index contributed by atoms with van der Waals surface area (Å²) < 4.78 is 1.36. The zero-order chi connectivity index (χ0) is 20.7. The predicted molar refractivity (Wildman–Crippen MR) is 115 cm³/mol. The smallest absolute Gasteiger partial charge is 0.274 e. The summed E-state index contributed by atoms with van der Waals surface area (Å²) in [6.45, 7) is 5.50. The van der Waals surface area contributed by atoms with Crippen LogP contribution in [-0.2, 0) is 13.0 Å². The molecule has 0 radical (unpaired) electrons. The van der Waals surface area contributed by atoms with Gasteiger partial charge in [0.15, 0.2) is 11.5 Å². The first-order valence-electron chi connectivity index (χ1n) is 9.84. The molecule has 0 bridgehead atoms. The normalized spacial score (nSPS) is 13.3. The van der Waals surface area contributed by atoms with E-state index in [1.807, 2.05) is 38.4 Å². The second kappa shape index (κ2) is 7.22. The molecule has 0 aliphatic carbocycles. The number of anilines is 3. The monoisotopic (exact) mass is 399 g/mol. The molecule has 0 unspecified atom stereocenters. The second-order valence-electron chi connectivity index (χ2n) is 7.52. The summed E-state index contributed by atoms with van der Waals surface area (Å²) >= 11 is 0. The van der Waals surface area contributed by atoms with Gasteiger partial charge in [-0.05, 0) is 48.7 Å². The van der Waals surface area contributed by atoms with Gasteiger partial charge in [0.1, 0.15) is 0 Å². The van der Waals surface area contributed by atoms with E-state index < -0.39 is 0 Å². The van der Waals surface area contributed by atoms with E-state index in [1.165, 1.54) is 16.8 Å². The Kier molecular flexibility index (Phi) is 4.39. The van der Waals surface area contributed by atoms with Crippen molar-refractivity contribution in [1.29, 1.82) is 0 Å². The van der Waals surface area contributed by atoms with Crippen molar-refractivity contribution in [2.75, 3.05) is 16.8 Å². The van der Waals surface area contributed by atoms with E-state index in [0.29, 0.717) is 12.2 Å². The highest BCUT2D eigenvalue weighted by molar-refractivity contribution is 5.63. The van der Waals surface area contributed by atoms with Crippen molar-refractivity contribution in [1.82, 2.24) is 24.6 Å². The summed E-state index contributed by atoms with van der Waals surface area (Å²) in [5.74, 6) is 0.798. The van der Waals surface area contributed by atoms with Gasteiger partial charge in [-0.1, -0.05) is 0 Å². The van der Waals surface area contributed by atoms with Gasteiger partial charge in [-0.15, -0.1) is 5.10 Å². The van der Waals surface area contributed by atoms with Crippen LogP contribution >= 0.6 is 0 Å². The van der Waals surface area contributed by atoms with Gasteiger partial charge in [-0.2, -0.15) is 4.52 Å². The average Bonchev–Trinajstić information content (AvgIpc) is 2.75. The van der Waals surface area contributed by atoms with Crippen molar-refractivity contribution in [3.63, 3.8) is 0 Å². The van der Waals surface area contributed by atoms with Gasteiger partial charge >= 0.3 is 0 Å². The molecular weight excluding hydrogens is 378 g/mol. The number of hydrogen-bond acceptors (Lipinski definition) is 7. The summed E-state index contributed by atoms with van der Waals surface area (Å²) in [6.07, 6.45) is 7.82. The average molecular weight is 399 g/mol. The fourth-order valence-corrected chi connectivity index (χ4v) is 3.80. The minimum atomic E-state index is -0.181. The first-order chi connectivity index (χ1) is 14.6. The Bertz CT molecular complexity index is 1310. The molecule has 8 heteroatoms. The summed E-state index contributed by atoms with van der Waals surface area (Å²) in [7, 11) is 0. The van der Waals surface area contributed by atoms with Crippen LogP contribution in [0.2, 0.25) is 0 Å². The van der Waals surface area contributed by atoms with Crippen LogP contribution in [0.1, 0.15) is 22.4 Å². The summed E-state index contributed by atoms with van der Waals surface area (Å²) in [6, 6.07) is 7.42. The SMILES string of the molecule is Cc1cnccc1Nc1cnc2c(c1)CN(c1nn3c(=O)ccnc3cc1C)CC2. The highest BCUT2D eigenvalue weighted by atomic mass is 16.1. The molecule has 1 N–H and O–H groups in total. The number of aryl methyl sites for hydroxylation is 2. The van der Waals surface area contributed by atoms with Gasteiger partial charge in [-0.3, -0.25) is 14.8 Å². The highest BCUT2D eigenvalue weighted by Gasteiger charge is 2.21. The minimum absolute atomic E-state index is 0.181. The van der Waals surface area contributed by atoms with E-state index in [1.54, 1.807) is 6.20 Å². The molecule has 0 saturated carbocycles. The molecule has 5 rings (SSSR count). The number of nitrogens with zero attached hydrogens (tertiary/aromatic N) is 6. The molecule has 4 aromatic rings. The summed E-state index contributed by atoms with van der Waals surface area (Å²) in [5.41, 5.74) is 6.64. The van der Waals surface area contributed by atoms with Crippen LogP contribution in [0, 0.1) is 13.8 Å². The highest BCUT2D eigenvalue weighted by Crippen LogP contribution is 2.27. The lowest BCUT2D eigenvalue weighted by Gasteiger charge is -2.30. The van der Waals surface area contributed by atoms with Crippen LogP contribution in [0.3, 0.4) is 0 Å². The van der Waals surface area contributed by atoms with Crippen LogP contribution in [0.25, 0.3) is 5.65 Å². The zero-order valence-electron chi connectivity index (χ0n) is 16.8. The number of nitrogens with one attached hydrogen (secondary N) is 1. The fraction of sp³-hybridized carbons (Fsp3) is 0.227. The lowest BCUT2D eigenvalue weighted by atomic mass is 10.0.